The third kappa shape index (κ3) is 3.40. The van der Waals surface area contributed by atoms with Crippen LogP contribution in [0, 0.1) is 0 Å². The molecular formula is C13H12N2O4S. The van der Waals surface area contributed by atoms with Gasteiger partial charge in [0, 0.05) is 10.9 Å². The van der Waals surface area contributed by atoms with Crippen LogP contribution in [0.4, 0.5) is 0 Å². The second kappa shape index (κ2) is 6.27. The van der Waals surface area contributed by atoms with Gasteiger partial charge in [0.2, 0.25) is 0 Å². The number of nitrogens with one attached hydrogen (secondary N) is 1. The van der Waals surface area contributed by atoms with E-state index in [1.165, 1.54) is 16.7 Å². The summed E-state index contributed by atoms with van der Waals surface area (Å²) < 4.78 is 0. The van der Waals surface area contributed by atoms with Gasteiger partial charge in [-0.25, -0.2) is 9.78 Å². The summed E-state index contributed by atoms with van der Waals surface area (Å²) in [5.41, 5.74) is 1.18. The Bertz CT molecular complexity index is 622. The lowest BCUT2D eigenvalue weighted by Gasteiger charge is -2.03. The van der Waals surface area contributed by atoms with Crippen LogP contribution in [-0.2, 0) is 13.2 Å². The van der Waals surface area contributed by atoms with E-state index in [-0.39, 0.29) is 24.8 Å². The molecule has 0 spiro atoms. The number of hydrogen-bond acceptors (Lipinski definition) is 5. The molecule has 1 heterocycles. The number of benzene rings is 1. The van der Waals surface area contributed by atoms with Gasteiger partial charge in [0.1, 0.15) is 5.01 Å². The molecule has 2 aromatic rings. The van der Waals surface area contributed by atoms with Gasteiger partial charge in [-0.3, -0.25) is 4.79 Å². The third-order valence-electron chi connectivity index (χ3n) is 2.57. The van der Waals surface area contributed by atoms with Gasteiger partial charge in [-0.15, -0.1) is 11.3 Å². The number of aromatic nitrogens is 1. The van der Waals surface area contributed by atoms with Crippen molar-refractivity contribution in [3.05, 3.63) is 51.5 Å². The fourth-order valence-electron chi connectivity index (χ4n) is 1.51. The normalized spacial score (nSPS) is 10.2. The zero-order chi connectivity index (χ0) is 14.5. The SMILES string of the molecule is O=C(NCc1nc(C(=O)O)cs1)c1ccc(CO)cc1. The van der Waals surface area contributed by atoms with E-state index < -0.39 is 5.97 Å². The number of amides is 1. The zero-order valence-corrected chi connectivity index (χ0v) is 11.2. The van der Waals surface area contributed by atoms with E-state index >= 15 is 0 Å². The fourth-order valence-corrected chi connectivity index (χ4v) is 2.22. The molecule has 1 amide bonds. The number of rotatable bonds is 5. The lowest BCUT2D eigenvalue weighted by molar-refractivity contribution is 0.0691. The predicted octanol–water partition coefficient (Wildman–Crippen LogP) is 1.26. The summed E-state index contributed by atoms with van der Waals surface area (Å²) in [5.74, 6) is -1.36. The van der Waals surface area contributed by atoms with E-state index in [2.05, 4.69) is 10.3 Å². The minimum atomic E-state index is -1.08. The summed E-state index contributed by atoms with van der Waals surface area (Å²) in [6.45, 7) is 0.109. The van der Waals surface area contributed by atoms with Crippen molar-refractivity contribution in [1.29, 1.82) is 0 Å². The highest BCUT2D eigenvalue weighted by Crippen LogP contribution is 2.10. The number of carboxylic acids is 1. The van der Waals surface area contributed by atoms with E-state index in [0.29, 0.717) is 10.6 Å². The van der Waals surface area contributed by atoms with Crippen LogP contribution in [0.5, 0.6) is 0 Å². The minimum Gasteiger partial charge on any atom is -0.476 e. The number of carbonyl (C=O) groups is 2. The van der Waals surface area contributed by atoms with E-state index in [1.54, 1.807) is 24.3 Å². The number of nitrogens with zero attached hydrogens (tertiary/aromatic N) is 1. The van der Waals surface area contributed by atoms with Gasteiger partial charge in [-0.2, -0.15) is 0 Å². The molecule has 0 saturated carbocycles. The van der Waals surface area contributed by atoms with Crippen LogP contribution in [0.15, 0.2) is 29.6 Å². The Morgan fingerprint density at radius 1 is 1.25 bits per heavy atom. The number of thiazole rings is 1. The van der Waals surface area contributed by atoms with Gasteiger partial charge in [0.05, 0.1) is 13.2 Å². The van der Waals surface area contributed by atoms with Crippen LogP contribution in [0.2, 0.25) is 0 Å². The molecule has 7 heteroatoms. The van der Waals surface area contributed by atoms with Crippen molar-refractivity contribution in [3.63, 3.8) is 0 Å². The number of aromatic carboxylic acids is 1. The van der Waals surface area contributed by atoms with Crippen molar-refractivity contribution in [1.82, 2.24) is 10.3 Å². The van der Waals surface area contributed by atoms with E-state index in [4.69, 9.17) is 10.2 Å². The summed E-state index contributed by atoms with van der Waals surface area (Å²) in [6.07, 6.45) is 0. The molecule has 0 aliphatic rings. The third-order valence-corrected chi connectivity index (χ3v) is 3.42. The Balaban J connectivity index is 1.95. The summed E-state index contributed by atoms with van der Waals surface area (Å²) in [5, 5.41) is 22.3. The second-order valence-electron chi connectivity index (χ2n) is 3.97. The smallest absolute Gasteiger partial charge is 0.355 e. The Hall–Kier alpha value is -2.25. The van der Waals surface area contributed by atoms with Crippen molar-refractivity contribution >= 4 is 23.2 Å². The van der Waals surface area contributed by atoms with Crippen LogP contribution in [0.3, 0.4) is 0 Å². The van der Waals surface area contributed by atoms with Crippen LogP contribution in [0.1, 0.15) is 31.4 Å². The largest absolute Gasteiger partial charge is 0.476 e. The number of carboxylic acid groups (broad SMARTS) is 1. The van der Waals surface area contributed by atoms with Crippen molar-refractivity contribution in [2.75, 3.05) is 0 Å². The summed E-state index contributed by atoms with van der Waals surface area (Å²) in [4.78, 5) is 26.4. The summed E-state index contributed by atoms with van der Waals surface area (Å²) in [7, 11) is 0. The number of hydrogen-bond donors (Lipinski definition) is 3. The van der Waals surface area contributed by atoms with Crippen molar-refractivity contribution in [2.45, 2.75) is 13.2 Å². The van der Waals surface area contributed by atoms with Gasteiger partial charge in [0.25, 0.3) is 5.91 Å². The molecule has 0 aliphatic carbocycles. The molecule has 0 saturated heterocycles. The molecule has 6 nitrogen and oxygen atoms in total. The quantitative estimate of drug-likeness (QED) is 0.770. The van der Waals surface area contributed by atoms with Gasteiger partial charge in [0.15, 0.2) is 5.69 Å². The molecule has 0 fully saturated rings. The molecule has 20 heavy (non-hydrogen) atoms. The molecule has 1 aromatic carbocycles. The van der Waals surface area contributed by atoms with Crippen LogP contribution < -0.4 is 5.32 Å². The first-order chi connectivity index (χ1) is 9.60. The highest BCUT2D eigenvalue weighted by Gasteiger charge is 2.10. The maximum atomic E-state index is 11.8. The lowest BCUT2D eigenvalue weighted by atomic mass is 10.1. The number of aliphatic hydroxyl groups excluding tert-OH is 1. The highest BCUT2D eigenvalue weighted by atomic mass is 32.1. The van der Waals surface area contributed by atoms with Crippen LogP contribution >= 0.6 is 11.3 Å². The fraction of sp³-hybridized carbons (Fsp3) is 0.154. The Morgan fingerprint density at radius 2 is 1.95 bits per heavy atom. The second-order valence-corrected chi connectivity index (χ2v) is 4.91. The van der Waals surface area contributed by atoms with Gasteiger partial charge >= 0.3 is 5.97 Å². The van der Waals surface area contributed by atoms with Crippen molar-refractivity contribution in [3.8, 4) is 0 Å². The average molecular weight is 292 g/mol. The Kier molecular flexibility index (Phi) is 4.44. The minimum absolute atomic E-state index is 0.0217. The maximum Gasteiger partial charge on any atom is 0.355 e. The molecule has 0 aliphatic heterocycles. The highest BCUT2D eigenvalue weighted by molar-refractivity contribution is 7.09. The van der Waals surface area contributed by atoms with Crippen molar-refractivity contribution in [2.24, 2.45) is 0 Å². The monoisotopic (exact) mass is 292 g/mol. The molecule has 0 unspecified atom stereocenters. The number of aliphatic hydroxyl groups is 1. The van der Waals surface area contributed by atoms with E-state index in [9.17, 15) is 9.59 Å². The first-order valence-electron chi connectivity index (χ1n) is 5.76. The molecule has 2 rings (SSSR count). The van der Waals surface area contributed by atoms with Gasteiger partial charge in [-0.1, -0.05) is 12.1 Å². The maximum absolute atomic E-state index is 11.8. The first-order valence-corrected chi connectivity index (χ1v) is 6.64. The molecule has 104 valence electrons. The molecule has 3 N–H and O–H groups in total. The van der Waals surface area contributed by atoms with Gasteiger partial charge < -0.3 is 15.5 Å². The standard InChI is InChI=1S/C13H12N2O4S/c16-6-8-1-3-9(4-2-8)12(17)14-5-11-15-10(7-20-11)13(18)19/h1-4,7,16H,5-6H2,(H,14,17)(H,18,19). The lowest BCUT2D eigenvalue weighted by Crippen LogP contribution is -2.22. The van der Waals surface area contributed by atoms with Crippen molar-refractivity contribution < 1.29 is 19.8 Å². The van der Waals surface area contributed by atoms with Crippen LogP contribution in [0.25, 0.3) is 0 Å². The molecule has 0 bridgehead atoms. The first kappa shape index (κ1) is 14.2. The van der Waals surface area contributed by atoms with E-state index in [1.807, 2.05) is 0 Å². The molecule has 1 aromatic heterocycles. The molecule has 0 atom stereocenters. The number of carbonyl (C=O) groups excluding carboxylic acids is 1. The molecular weight excluding hydrogens is 280 g/mol. The predicted molar refractivity (Wildman–Crippen MR) is 72.6 cm³/mol. The zero-order valence-electron chi connectivity index (χ0n) is 10.4. The Labute approximate surface area is 118 Å². The van der Waals surface area contributed by atoms with Gasteiger partial charge in [-0.05, 0) is 17.7 Å². The summed E-state index contributed by atoms with van der Waals surface area (Å²) in [6, 6.07) is 6.57. The topological polar surface area (TPSA) is 99.5 Å². The van der Waals surface area contributed by atoms with E-state index in [0.717, 1.165) is 5.56 Å². The summed E-state index contributed by atoms with van der Waals surface area (Å²) >= 11 is 1.18. The molecule has 0 radical (unpaired) electrons. The Morgan fingerprint density at radius 3 is 2.50 bits per heavy atom. The van der Waals surface area contributed by atoms with Crippen LogP contribution in [-0.4, -0.2) is 27.1 Å². The average Bonchev–Trinajstić information content (AvgIpc) is 2.94.